The summed E-state index contributed by atoms with van der Waals surface area (Å²) < 4.78 is 18.9. The molecule has 11 nitrogen and oxygen atoms in total. The van der Waals surface area contributed by atoms with E-state index in [-0.39, 0.29) is 17.9 Å². The van der Waals surface area contributed by atoms with Crippen LogP contribution in [0, 0.1) is 6.92 Å². The third-order valence-corrected chi connectivity index (χ3v) is 6.71. The van der Waals surface area contributed by atoms with Gasteiger partial charge in [0.1, 0.15) is 18.3 Å². The lowest BCUT2D eigenvalue weighted by Crippen LogP contribution is -2.28. The van der Waals surface area contributed by atoms with Gasteiger partial charge in [0.05, 0.1) is 32.7 Å². The lowest BCUT2D eigenvalue weighted by Gasteiger charge is -2.12. The van der Waals surface area contributed by atoms with E-state index in [0.717, 1.165) is 5.69 Å². The number of methoxy groups -OCH3 is 3. The Bertz CT molecular complexity index is 1870. The van der Waals surface area contributed by atoms with Gasteiger partial charge < -0.3 is 19.5 Å². The van der Waals surface area contributed by atoms with Crippen molar-refractivity contribution >= 4 is 34.5 Å². The van der Waals surface area contributed by atoms with Crippen LogP contribution in [0.2, 0.25) is 0 Å². The number of nitrogens with zero attached hydrogens (tertiary/aromatic N) is 4. The first-order valence-corrected chi connectivity index (χ1v) is 13.3. The minimum absolute atomic E-state index is 0.232. The smallest absolute Gasteiger partial charge is 0.265 e. The number of rotatable bonds is 10. The second-order valence-corrected chi connectivity index (χ2v) is 9.49. The molecule has 0 saturated heterocycles. The minimum atomic E-state index is -0.419. The monoisotopic (exact) mass is 579 g/mol. The van der Waals surface area contributed by atoms with Crippen LogP contribution in [0.3, 0.4) is 0 Å². The highest BCUT2D eigenvalue weighted by Gasteiger charge is 2.17. The molecule has 0 fully saturated rings. The summed E-state index contributed by atoms with van der Waals surface area (Å²) in [6.45, 7) is 1.49. The first kappa shape index (κ1) is 28.8. The van der Waals surface area contributed by atoms with Crippen LogP contribution in [0.25, 0.3) is 22.8 Å². The molecular formula is C32H29N5O6. The van der Waals surface area contributed by atoms with Crippen LogP contribution >= 0.6 is 0 Å². The molecule has 0 atom stereocenters. The molecule has 1 N–H and O–H groups in total. The average molecular weight is 580 g/mol. The van der Waals surface area contributed by atoms with E-state index in [0.29, 0.717) is 50.8 Å². The Hall–Kier alpha value is -5.71. The van der Waals surface area contributed by atoms with Crippen LogP contribution < -0.4 is 25.1 Å². The molecule has 0 aliphatic rings. The Labute approximate surface area is 247 Å². The molecule has 0 radical (unpaired) electrons. The Morgan fingerprint density at radius 1 is 0.930 bits per heavy atom. The molecule has 1 amide bonds. The maximum atomic E-state index is 13.2. The molecule has 0 aliphatic carbocycles. The molecule has 43 heavy (non-hydrogen) atoms. The van der Waals surface area contributed by atoms with Gasteiger partial charge in [0.15, 0.2) is 22.9 Å². The summed E-state index contributed by atoms with van der Waals surface area (Å²) in [5.41, 5.74) is 2.96. The minimum Gasteiger partial charge on any atom is -0.493 e. The molecular weight excluding hydrogens is 550 g/mol. The fraction of sp³-hybridized carbons (Fsp3) is 0.156. The third-order valence-electron chi connectivity index (χ3n) is 6.71. The highest BCUT2D eigenvalue weighted by Crippen LogP contribution is 2.38. The molecule has 0 spiro atoms. The number of allylic oxidation sites excluding steroid dienone is 1. The van der Waals surface area contributed by atoms with E-state index in [1.807, 2.05) is 30.3 Å². The molecule has 3 aromatic carbocycles. The molecule has 2 heterocycles. The molecule has 11 heteroatoms. The predicted molar refractivity (Wildman–Crippen MR) is 162 cm³/mol. The average Bonchev–Trinajstić information content (AvgIpc) is 3.38. The van der Waals surface area contributed by atoms with Gasteiger partial charge in [-0.05, 0) is 67.1 Å². The summed E-state index contributed by atoms with van der Waals surface area (Å²) in [6.07, 6.45) is 4.43. The van der Waals surface area contributed by atoms with Crippen LogP contribution in [0.4, 0.5) is 5.69 Å². The van der Waals surface area contributed by atoms with Gasteiger partial charge in [-0.15, -0.1) is 0 Å². The number of ether oxygens (including phenoxy) is 3. The number of ketones is 1. The van der Waals surface area contributed by atoms with Gasteiger partial charge >= 0.3 is 0 Å². The quantitative estimate of drug-likeness (QED) is 0.190. The Morgan fingerprint density at radius 2 is 1.60 bits per heavy atom. The summed E-state index contributed by atoms with van der Waals surface area (Å²) in [4.78, 5) is 43.2. The second-order valence-electron chi connectivity index (χ2n) is 9.49. The Kier molecular flexibility index (Phi) is 8.33. The number of carbonyl (C=O) groups excluding carboxylic acids is 2. The first-order chi connectivity index (χ1) is 20.8. The van der Waals surface area contributed by atoms with Gasteiger partial charge in [-0.3, -0.25) is 19.0 Å². The van der Waals surface area contributed by atoms with Crippen molar-refractivity contribution in [1.82, 2.24) is 19.3 Å². The zero-order valence-corrected chi connectivity index (χ0v) is 24.0. The van der Waals surface area contributed by atoms with Crippen molar-refractivity contribution in [2.45, 2.75) is 13.5 Å². The van der Waals surface area contributed by atoms with E-state index in [2.05, 4.69) is 15.4 Å². The zero-order valence-electron chi connectivity index (χ0n) is 24.0. The van der Waals surface area contributed by atoms with E-state index in [9.17, 15) is 14.4 Å². The fourth-order valence-corrected chi connectivity index (χ4v) is 4.61. The molecule has 0 bridgehead atoms. The third kappa shape index (κ3) is 6.01. The predicted octanol–water partition coefficient (Wildman–Crippen LogP) is 4.45. The number of hydrogen-bond acceptors (Lipinski definition) is 8. The van der Waals surface area contributed by atoms with Gasteiger partial charge in [0.2, 0.25) is 11.7 Å². The Morgan fingerprint density at radius 3 is 2.23 bits per heavy atom. The normalized spacial score (nSPS) is 11.1. The summed E-state index contributed by atoms with van der Waals surface area (Å²) in [5.74, 6) is 0.762. The largest absolute Gasteiger partial charge is 0.493 e. The number of carbonyl (C=O) groups is 2. The van der Waals surface area contributed by atoms with Crippen molar-refractivity contribution in [3.05, 3.63) is 106 Å². The van der Waals surface area contributed by atoms with Crippen molar-refractivity contribution in [1.29, 1.82) is 0 Å². The molecule has 0 saturated carbocycles. The second kappa shape index (κ2) is 12.4. The van der Waals surface area contributed by atoms with Crippen LogP contribution in [0.15, 0.2) is 83.9 Å². The number of amides is 1. The molecule has 218 valence electrons. The topological polar surface area (TPSA) is 127 Å². The highest BCUT2D eigenvalue weighted by molar-refractivity contribution is 6.07. The maximum absolute atomic E-state index is 13.2. The van der Waals surface area contributed by atoms with Gasteiger partial charge in [0.25, 0.3) is 5.56 Å². The van der Waals surface area contributed by atoms with Gasteiger partial charge in [-0.2, -0.15) is 5.10 Å². The Balaban J connectivity index is 1.26. The summed E-state index contributed by atoms with van der Waals surface area (Å²) >= 11 is 0. The SMILES string of the molecule is COc1cc(/C=C/C(=O)c2ccc(NC(=O)Cn3cnc4c(c(C)nn4-c4ccccc4)c3=O)cc2)cc(OC)c1OC. The van der Waals surface area contributed by atoms with E-state index in [1.165, 1.54) is 38.3 Å². The van der Waals surface area contributed by atoms with Crippen LogP contribution in [0.1, 0.15) is 21.6 Å². The standard InChI is InChI=1S/C32H29N5O6/c1-20-29-31(37(35-20)24-8-6-5-7-9-24)33-19-36(32(29)40)18-28(39)34-23-13-11-22(12-14-23)25(38)15-10-21-16-26(41-2)30(43-4)27(17-21)42-3/h5-17,19H,18H2,1-4H3,(H,34,39)/b15-10+. The van der Waals surface area contributed by atoms with Gasteiger partial charge in [-0.1, -0.05) is 24.3 Å². The van der Waals surface area contributed by atoms with E-state index in [4.69, 9.17) is 14.2 Å². The fourth-order valence-electron chi connectivity index (χ4n) is 4.61. The zero-order chi connectivity index (χ0) is 30.5. The maximum Gasteiger partial charge on any atom is 0.265 e. The molecule has 0 unspecified atom stereocenters. The summed E-state index contributed by atoms with van der Waals surface area (Å²) in [5, 5.41) is 7.58. The number of aryl methyl sites for hydroxylation is 1. The van der Waals surface area contributed by atoms with Gasteiger partial charge in [0, 0.05) is 11.3 Å². The number of anilines is 1. The van der Waals surface area contributed by atoms with Crippen LogP contribution in [-0.2, 0) is 11.3 Å². The number of hydrogen-bond donors (Lipinski definition) is 1. The molecule has 5 aromatic rings. The van der Waals surface area contributed by atoms with Crippen molar-refractivity contribution < 1.29 is 23.8 Å². The lowest BCUT2D eigenvalue weighted by atomic mass is 10.1. The number of aromatic nitrogens is 4. The number of benzene rings is 3. The first-order valence-electron chi connectivity index (χ1n) is 13.3. The molecule has 2 aromatic heterocycles. The van der Waals surface area contributed by atoms with Crippen molar-refractivity contribution in [3.8, 4) is 22.9 Å². The lowest BCUT2D eigenvalue weighted by molar-refractivity contribution is -0.116. The van der Waals surface area contributed by atoms with Gasteiger partial charge in [-0.25, -0.2) is 9.67 Å². The van der Waals surface area contributed by atoms with Crippen molar-refractivity contribution in [2.24, 2.45) is 0 Å². The van der Waals surface area contributed by atoms with Crippen LogP contribution in [0.5, 0.6) is 17.2 Å². The van der Waals surface area contributed by atoms with E-state index >= 15 is 0 Å². The van der Waals surface area contributed by atoms with Crippen molar-refractivity contribution in [3.63, 3.8) is 0 Å². The number of fused-ring (bicyclic) bond motifs is 1. The van der Waals surface area contributed by atoms with E-state index < -0.39 is 5.91 Å². The summed E-state index contributed by atoms with van der Waals surface area (Å²) in [7, 11) is 4.56. The van der Waals surface area contributed by atoms with Crippen LogP contribution in [-0.4, -0.2) is 52.4 Å². The highest BCUT2D eigenvalue weighted by atomic mass is 16.5. The number of para-hydroxylation sites is 1. The molecule has 0 aliphatic heterocycles. The number of nitrogens with one attached hydrogen (secondary N) is 1. The van der Waals surface area contributed by atoms with Crippen molar-refractivity contribution in [2.75, 3.05) is 26.6 Å². The van der Waals surface area contributed by atoms with E-state index in [1.54, 1.807) is 54.1 Å². The summed E-state index contributed by atoms with van der Waals surface area (Å²) in [6, 6.07) is 19.3. The molecule has 5 rings (SSSR count).